The number of nitrogens with one attached hydrogen (secondary N) is 1. The summed E-state index contributed by atoms with van der Waals surface area (Å²) in [7, 11) is 0. The topological polar surface area (TPSA) is 75.6 Å². The molecule has 3 fully saturated rings. The van der Waals surface area contributed by atoms with Crippen LogP contribution in [0.25, 0.3) is 0 Å². The highest BCUT2D eigenvalue weighted by Crippen LogP contribution is 2.75. The van der Waals surface area contributed by atoms with Gasteiger partial charge in [0.2, 0.25) is 0 Å². The Kier molecular flexibility index (Phi) is 7.71. The average Bonchev–Trinajstić information content (AvgIpc) is 2.81. The van der Waals surface area contributed by atoms with Crippen LogP contribution >= 0.6 is 0 Å². The summed E-state index contributed by atoms with van der Waals surface area (Å²) in [6, 6.07) is 0. The number of hydrogen-bond donors (Lipinski definition) is 2. The SMILES string of the molecule is C/C(=C1/[C@H]2CC[C@@H]3[C@@]4(C)CC=C(O)C(C)(C)[C@@H]4CC[C@@]3(C)[C@]2(C)CC[C@]1(CC=O)NC(=O)OC(C)(C)C)C(C)C. The Morgan fingerprint density at radius 2 is 1.70 bits per heavy atom. The van der Waals surface area contributed by atoms with Gasteiger partial charge in [0.15, 0.2) is 0 Å². The van der Waals surface area contributed by atoms with Crippen LogP contribution in [-0.2, 0) is 9.53 Å². The van der Waals surface area contributed by atoms with Crippen LogP contribution in [0.2, 0.25) is 0 Å². The lowest BCUT2D eigenvalue weighted by atomic mass is 9.33. The molecule has 5 nitrogen and oxygen atoms in total. The molecule has 0 aromatic carbocycles. The third-order valence-electron chi connectivity index (χ3n) is 12.8. The number of alkyl carbamates (subject to hydrolysis) is 1. The average molecular weight is 556 g/mol. The highest BCUT2D eigenvalue weighted by molar-refractivity contribution is 5.71. The van der Waals surface area contributed by atoms with Crippen LogP contribution in [-0.4, -0.2) is 28.6 Å². The van der Waals surface area contributed by atoms with Crippen molar-refractivity contribution in [2.75, 3.05) is 0 Å². The van der Waals surface area contributed by atoms with Crippen molar-refractivity contribution in [2.24, 2.45) is 45.3 Å². The number of aliphatic hydroxyl groups excluding tert-OH is 1. The molecule has 2 N–H and O–H groups in total. The number of amides is 1. The van der Waals surface area contributed by atoms with Crippen LogP contribution in [0.15, 0.2) is 23.0 Å². The fourth-order valence-electron chi connectivity index (χ4n) is 10.4. The lowest BCUT2D eigenvalue weighted by Gasteiger charge is -2.71. The largest absolute Gasteiger partial charge is 0.512 e. The molecule has 0 bridgehead atoms. The van der Waals surface area contributed by atoms with Gasteiger partial charge in [0, 0.05) is 11.8 Å². The van der Waals surface area contributed by atoms with E-state index in [1.54, 1.807) is 0 Å². The van der Waals surface area contributed by atoms with E-state index in [4.69, 9.17) is 4.74 Å². The van der Waals surface area contributed by atoms with Gasteiger partial charge in [-0.15, -0.1) is 0 Å². The Morgan fingerprint density at radius 1 is 1.05 bits per heavy atom. The van der Waals surface area contributed by atoms with Gasteiger partial charge >= 0.3 is 6.09 Å². The minimum Gasteiger partial charge on any atom is -0.512 e. The Labute approximate surface area is 244 Å². The zero-order valence-corrected chi connectivity index (χ0v) is 27.3. The first-order chi connectivity index (χ1) is 18.3. The number of carbonyl (C=O) groups excluding carboxylic acids is 2. The van der Waals surface area contributed by atoms with Crippen molar-refractivity contribution in [2.45, 2.75) is 139 Å². The van der Waals surface area contributed by atoms with Gasteiger partial charge in [-0.3, -0.25) is 0 Å². The molecule has 0 aliphatic heterocycles. The van der Waals surface area contributed by atoms with Gasteiger partial charge in [-0.2, -0.15) is 0 Å². The molecule has 0 spiro atoms. The van der Waals surface area contributed by atoms with E-state index in [0.29, 0.717) is 29.4 Å². The Balaban J connectivity index is 1.81. The van der Waals surface area contributed by atoms with Crippen molar-refractivity contribution >= 4 is 12.4 Å². The van der Waals surface area contributed by atoms with E-state index in [-0.39, 0.29) is 28.1 Å². The Hall–Kier alpha value is -1.78. The molecule has 3 saturated carbocycles. The van der Waals surface area contributed by atoms with Crippen LogP contribution < -0.4 is 5.32 Å². The summed E-state index contributed by atoms with van der Waals surface area (Å²) in [5, 5.41) is 14.2. The van der Waals surface area contributed by atoms with E-state index in [2.05, 4.69) is 66.8 Å². The molecule has 40 heavy (non-hydrogen) atoms. The van der Waals surface area contributed by atoms with E-state index in [0.717, 1.165) is 51.2 Å². The number of aliphatic hydroxyl groups is 1. The highest BCUT2D eigenvalue weighted by Gasteiger charge is 2.68. The van der Waals surface area contributed by atoms with Gasteiger partial charge in [0.1, 0.15) is 11.9 Å². The molecule has 0 saturated heterocycles. The standard InChI is InChI=1S/C35H57NO4/c1-22(2)23(3)28-24-12-13-26-32(9)16-15-27(38)31(7,8)25(32)14-17-34(26,11)33(24,10)18-19-35(28,20-21-37)36-29(39)40-30(4,5)6/h15,21-22,24-26,38H,12-14,16-20H2,1-11H3,(H,36,39)/b28-23+/t24-,25+,26-,32+,33-,34-,35-/m1/s1. The smallest absolute Gasteiger partial charge is 0.408 e. The summed E-state index contributed by atoms with van der Waals surface area (Å²) in [5.74, 6) is 2.19. The summed E-state index contributed by atoms with van der Waals surface area (Å²) < 4.78 is 5.75. The Morgan fingerprint density at radius 3 is 2.27 bits per heavy atom. The second-order valence-corrected chi connectivity index (χ2v) is 16.5. The summed E-state index contributed by atoms with van der Waals surface area (Å²) in [6.07, 6.45) is 10.1. The van der Waals surface area contributed by atoms with Crippen LogP contribution in [0.4, 0.5) is 4.79 Å². The molecule has 7 atom stereocenters. The highest BCUT2D eigenvalue weighted by atomic mass is 16.6. The van der Waals surface area contributed by atoms with Crippen molar-refractivity contribution in [3.8, 4) is 0 Å². The summed E-state index contributed by atoms with van der Waals surface area (Å²) in [5.41, 5.74) is 1.39. The second kappa shape index (κ2) is 9.90. The predicted octanol–water partition coefficient (Wildman–Crippen LogP) is 8.93. The van der Waals surface area contributed by atoms with Gasteiger partial charge in [0.25, 0.3) is 0 Å². The minimum atomic E-state index is -0.714. The summed E-state index contributed by atoms with van der Waals surface area (Å²) >= 11 is 0. The first-order valence-electron chi connectivity index (χ1n) is 15.8. The van der Waals surface area contributed by atoms with Crippen molar-refractivity contribution in [3.63, 3.8) is 0 Å². The molecule has 0 radical (unpaired) electrons. The third kappa shape index (κ3) is 4.56. The molecule has 0 unspecified atom stereocenters. The number of fused-ring (bicyclic) bond motifs is 5. The Bertz CT molecular complexity index is 1100. The molecule has 0 aromatic heterocycles. The lowest BCUT2D eigenvalue weighted by molar-refractivity contribution is -0.200. The van der Waals surface area contributed by atoms with Gasteiger partial charge in [0.05, 0.1) is 11.3 Å². The normalized spacial score (nSPS) is 42.1. The van der Waals surface area contributed by atoms with Gasteiger partial charge < -0.3 is 20.0 Å². The van der Waals surface area contributed by atoms with E-state index in [1.807, 2.05) is 20.8 Å². The van der Waals surface area contributed by atoms with Crippen molar-refractivity contribution in [1.29, 1.82) is 0 Å². The quantitative estimate of drug-likeness (QED) is 0.268. The molecule has 226 valence electrons. The van der Waals surface area contributed by atoms with E-state index in [9.17, 15) is 14.7 Å². The molecule has 5 heteroatoms. The maximum Gasteiger partial charge on any atom is 0.408 e. The molecular formula is C35H57NO4. The van der Waals surface area contributed by atoms with Gasteiger partial charge in [-0.1, -0.05) is 54.0 Å². The summed E-state index contributed by atoms with van der Waals surface area (Å²) in [6.45, 7) is 24.4. The number of rotatable bonds is 4. The van der Waals surface area contributed by atoms with Crippen LogP contribution in [0.3, 0.4) is 0 Å². The van der Waals surface area contributed by atoms with Crippen molar-refractivity contribution in [3.05, 3.63) is 23.0 Å². The zero-order chi connectivity index (χ0) is 30.1. The first kappa shape index (κ1) is 31.2. The molecule has 0 heterocycles. The van der Waals surface area contributed by atoms with Gasteiger partial charge in [-0.05, 0) is 124 Å². The van der Waals surface area contributed by atoms with Crippen LogP contribution in [0.5, 0.6) is 0 Å². The minimum absolute atomic E-state index is 0.0464. The monoisotopic (exact) mass is 555 g/mol. The van der Waals surface area contributed by atoms with Gasteiger partial charge in [-0.25, -0.2) is 4.79 Å². The maximum atomic E-state index is 13.3. The zero-order valence-electron chi connectivity index (χ0n) is 27.3. The molecule has 4 aliphatic carbocycles. The van der Waals surface area contributed by atoms with E-state index >= 15 is 0 Å². The number of hydrogen-bond acceptors (Lipinski definition) is 4. The predicted molar refractivity (Wildman–Crippen MR) is 162 cm³/mol. The fourth-order valence-corrected chi connectivity index (χ4v) is 10.4. The van der Waals surface area contributed by atoms with Crippen LogP contribution in [0.1, 0.15) is 128 Å². The maximum absolute atomic E-state index is 13.3. The fraction of sp³-hybridized carbons (Fsp3) is 0.829. The van der Waals surface area contributed by atoms with E-state index < -0.39 is 17.2 Å². The number of aldehydes is 1. The second-order valence-electron chi connectivity index (χ2n) is 16.5. The molecule has 4 aliphatic rings. The lowest BCUT2D eigenvalue weighted by Crippen LogP contribution is -2.67. The third-order valence-corrected chi connectivity index (χ3v) is 12.8. The van der Waals surface area contributed by atoms with E-state index in [1.165, 1.54) is 11.1 Å². The number of ether oxygens (including phenoxy) is 1. The first-order valence-corrected chi connectivity index (χ1v) is 15.8. The molecule has 1 amide bonds. The summed E-state index contributed by atoms with van der Waals surface area (Å²) in [4.78, 5) is 25.5. The van der Waals surface area contributed by atoms with Crippen molar-refractivity contribution < 1.29 is 19.4 Å². The molecule has 0 aromatic rings. The number of allylic oxidation sites excluding steroid dienone is 3. The molecule has 4 rings (SSSR count). The van der Waals surface area contributed by atoms with Crippen molar-refractivity contribution in [1.82, 2.24) is 5.32 Å². The molecular weight excluding hydrogens is 498 g/mol. The number of carbonyl (C=O) groups is 2. The van der Waals surface area contributed by atoms with Crippen LogP contribution in [0, 0.1) is 45.3 Å².